The molecule has 4 heteroatoms. The standard InChI is InChI=1S/C15H18FN3/c1-4-14-18-13(9-15(19-14)17-5-2)12-8-11(16)7-6-10(12)3/h6-9H,4-5H2,1-3H3,(H,17,18,19). The zero-order chi connectivity index (χ0) is 13.8. The first-order chi connectivity index (χ1) is 9.13. The van der Waals surface area contributed by atoms with Gasteiger partial charge in [0.1, 0.15) is 17.5 Å². The van der Waals surface area contributed by atoms with Crippen LogP contribution in [0.4, 0.5) is 10.2 Å². The van der Waals surface area contributed by atoms with Crippen LogP contribution in [-0.4, -0.2) is 16.5 Å². The topological polar surface area (TPSA) is 37.8 Å². The van der Waals surface area contributed by atoms with E-state index in [0.29, 0.717) is 0 Å². The number of hydrogen-bond donors (Lipinski definition) is 1. The monoisotopic (exact) mass is 259 g/mol. The summed E-state index contributed by atoms with van der Waals surface area (Å²) >= 11 is 0. The second kappa shape index (κ2) is 5.78. The maximum atomic E-state index is 13.4. The van der Waals surface area contributed by atoms with Crippen LogP contribution in [-0.2, 0) is 6.42 Å². The third kappa shape index (κ3) is 3.08. The number of hydrogen-bond acceptors (Lipinski definition) is 3. The summed E-state index contributed by atoms with van der Waals surface area (Å²) in [6.07, 6.45) is 0.751. The van der Waals surface area contributed by atoms with Crippen LogP contribution >= 0.6 is 0 Å². The predicted octanol–water partition coefficient (Wildman–Crippen LogP) is 3.59. The van der Waals surface area contributed by atoms with Crippen molar-refractivity contribution in [1.82, 2.24) is 9.97 Å². The third-order valence-electron chi connectivity index (χ3n) is 2.92. The van der Waals surface area contributed by atoms with Gasteiger partial charge in [-0.1, -0.05) is 13.0 Å². The van der Waals surface area contributed by atoms with Gasteiger partial charge in [-0.15, -0.1) is 0 Å². The smallest absolute Gasteiger partial charge is 0.131 e. The molecule has 0 fully saturated rings. The molecule has 0 amide bonds. The Kier molecular flexibility index (Phi) is 4.10. The Morgan fingerprint density at radius 3 is 2.63 bits per heavy atom. The van der Waals surface area contributed by atoms with E-state index in [1.807, 2.05) is 26.8 Å². The lowest BCUT2D eigenvalue weighted by molar-refractivity contribution is 0.628. The number of benzene rings is 1. The van der Waals surface area contributed by atoms with E-state index in [9.17, 15) is 4.39 Å². The molecule has 1 aromatic heterocycles. The van der Waals surface area contributed by atoms with Gasteiger partial charge in [-0.05, 0) is 31.5 Å². The molecule has 0 aliphatic heterocycles. The minimum absolute atomic E-state index is 0.248. The Morgan fingerprint density at radius 1 is 1.16 bits per heavy atom. The van der Waals surface area contributed by atoms with Crippen LogP contribution in [0.15, 0.2) is 24.3 Å². The van der Waals surface area contributed by atoms with Crippen molar-refractivity contribution in [1.29, 1.82) is 0 Å². The van der Waals surface area contributed by atoms with Gasteiger partial charge in [0.15, 0.2) is 0 Å². The number of aryl methyl sites for hydroxylation is 2. The molecule has 0 radical (unpaired) electrons. The Hall–Kier alpha value is -1.97. The Morgan fingerprint density at radius 2 is 1.95 bits per heavy atom. The second-order valence-electron chi connectivity index (χ2n) is 4.40. The van der Waals surface area contributed by atoms with Crippen LogP contribution in [0.5, 0.6) is 0 Å². The minimum atomic E-state index is -0.248. The van der Waals surface area contributed by atoms with Gasteiger partial charge in [0, 0.05) is 24.6 Å². The summed E-state index contributed by atoms with van der Waals surface area (Å²) in [5.41, 5.74) is 2.58. The predicted molar refractivity (Wildman–Crippen MR) is 75.7 cm³/mol. The molecule has 0 unspecified atom stereocenters. The van der Waals surface area contributed by atoms with Crippen LogP contribution < -0.4 is 5.32 Å². The van der Waals surface area contributed by atoms with Gasteiger partial charge in [0.05, 0.1) is 5.69 Å². The molecular weight excluding hydrogens is 241 g/mol. The quantitative estimate of drug-likeness (QED) is 0.911. The number of nitrogens with zero attached hydrogens (tertiary/aromatic N) is 2. The first-order valence-corrected chi connectivity index (χ1v) is 6.52. The summed E-state index contributed by atoms with van der Waals surface area (Å²) < 4.78 is 13.4. The molecule has 0 bridgehead atoms. The molecule has 2 rings (SSSR count). The Bertz CT molecular complexity index is 582. The fourth-order valence-corrected chi connectivity index (χ4v) is 1.94. The van der Waals surface area contributed by atoms with Crippen LogP contribution in [0.25, 0.3) is 11.3 Å². The molecule has 1 heterocycles. The molecule has 1 N–H and O–H groups in total. The maximum absolute atomic E-state index is 13.4. The number of nitrogens with one attached hydrogen (secondary N) is 1. The molecule has 0 aliphatic rings. The summed E-state index contributed by atoms with van der Waals surface area (Å²) in [5.74, 6) is 1.30. The number of anilines is 1. The second-order valence-corrected chi connectivity index (χ2v) is 4.40. The van der Waals surface area contributed by atoms with Crippen LogP contribution in [0.2, 0.25) is 0 Å². The van der Waals surface area contributed by atoms with Crippen molar-refractivity contribution < 1.29 is 4.39 Å². The normalized spacial score (nSPS) is 10.5. The van der Waals surface area contributed by atoms with Gasteiger partial charge < -0.3 is 5.32 Å². The highest BCUT2D eigenvalue weighted by atomic mass is 19.1. The molecule has 2 aromatic rings. The summed E-state index contributed by atoms with van der Waals surface area (Å²) in [5, 5.41) is 3.18. The van der Waals surface area contributed by atoms with E-state index in [-0.39, 0.29) is 5.82 Å². The van der Waals surface area contributed by atoms with E-state index in [0.717, 1.165) is 41.4 Å². The fraction of sp³-hybridized carbons (Fsp3) is 0.333. The molecular formula is C15H18FN3. The summed E-state index contributed by atoms with van der Waals surface area (Å²) in [6.45, 7) is 6.77. The average Bonchev–Trinajstić information content (AvgIpc) is 2.41. The van der Waals surface area contributed by atoms with Gasteiger partial charge in [-0.25, -0.2) is 14.4 Å². The Labute approximate surface area is 112 Å². The van der Waals surface area contributed by atoms with Crippen molar-refractivity contribution >= 4 is 5.82 Å². The lowest BCUT2D eigenvalue weighted by Crippen LogP contribution is -2.04. The van der Waals surface area contributed by atoms with Crippen molar-refractivity contribution in [3.63, 3.8) is 0 Å². The van der Waals surface area contributed by atoms with Gasteiger partial charge in [-0.2, -0.15) is 0 Å². The molecule has 0 aliphatic carbocycles. The van der Waals surface area contributed by atoms with Gasteiger partial charge in [0.25, 0.3) is 0 Å². The fourth-order valence-electron chi connectivity index (χ4n) is 1.94. The molecule has 0 saturated heterocycles. The first kappa shape index (κ1) is 13.5. The van der Waals surface area contributed by atoms with Gasteiger partial charge in [0.2, 0.25) is 0 Å². The highest BCUT2D eigenvalue weighted by molar-refractivity contribution is 5.66. The number of aromatic nitrogens is 2. The molecule has 0 saturated carbocycles. The van der Waals surface area contributed by atoms with Crippen molar-refractivity contribution in [2.45, 2.75) is 27.2 Å². The SMILES string of the molecule is CCNc1cc(-c2cc(F)ccc2C)nc(CC)n1. The van der Waals surface area contributed by atoms with Gasteiger partial charge >= 0.3 is 0 Å². The van der Waals surface area contributed by atoms with E-state index < -0.39 is 0 Å². The molecule has 19 heavy (non-hydrogen) atoms. The number of rotatable bonds is 4. The van der Waals surface area contributed by atoms with E-state index in [4.69, 9.17) is 0 Å². The molecule has 0 spiro atoms. The van der Waals surface area contributed by atoms with E-state index in [1.54, 1.807) is 6.07 Å². The zero-order valence-electron chi connectivity index (χ0n) is 11.5. The van der Waals surface area contributed by atoms with Crippen molar-refractivity contribution in [2.75, 3.05) is 11.9 Å². The van der Waals surface area contributed by atoms with Crippen molar-refractivity contribution in [2.24, 2.45) is 0 Å². The summed E-state index contributed by atoms with van der Waals surface area (Å²) in [7, 11) is 0. The largest absolute Gasteiger partial charge is 0.370 e. The van der Waals surface area contributed by atoms with Crippen LogP contribution in [0.1, 0.15) is 25.2 Å². The minimum Gasteiger partial charge on any atom is -0.370 e. The number of halogens is 1. The lowest BCUT2D eigenvalue weighted by atomic mass is 10.1. The van der Waals surface area contributed by atoms with Crippen molar-refractivity contribution in [3.8, 4) is 11.3 Å². The summed E-state index contributed by atoms with van der Waals surface area (Å²) in [6, 6.07) is 6.62. The molecule has 0 atom stereocenters. The molecule has 100 valence electrons. The summed E-state index contributed by atoms with van der Waals surface area (Å²) in [4.78, 5) is 8.89. The van der Waals surface area contributed by atoms with Crippen LogP contribution in [0, 0.1) is 12.7 Å². The van der Waals surface area contributed by atoms with Crippen LogP contribution in [0.3, 0.4) is 0 Å². The van der Waals surface area contributed by atoms with E-state index >= 15 is 0 Å². The van der Waals surface area contributed by atoms with Crippen molar-refractivity contribution in [3.05, 3.63) is 41.5 Å². The highest BCUT2D eigenvalue weighted by Crippen LogP contribution is 2.24. The first-order valence-electron chi connectivity index (χ1n) is 6.52. The third-order valence-corrected chi connectivity index (χ3v) is 2.92. The maximum Gasteiger partial charge on any atom is 0.131 e. The lowest BCUT2D eigenvalue weighted by Gasteiger charge is -2.10. The average molecular weight is 259 g/mol. The van der Waals surface area contributed by atoms with E-state index in [2.05, 4.69) is 15.3 Å². The van der Waals surface area contributed by atoms with Gasteiger partial charge in [-0.3, -0.25) is 0 Å². The zero-order valence-corrected chi connectivity index (χ0v) is 11.5. The molecule has 3 nitrogen and oxygen atoms in total. The Balaban J connectivity index is 2.54. The highest BCUT2D eigenvalue weighted by Gasteiger charge is 2.09. The van der Waals surface area contributed by atoms with E-state index in [1.165, 1.54) is 12.1 Å². The molecule has 1 aromatic carbocycles.